The molecule has 0 radical (unpaired) electrons. The van der Waals surface area contributed by atoms with Gasteiger partial charge in [0.1, 0.15) is 0 Å². The van der Waals surface area contributed by atoms with E-state index in [1.165, 1.54) is 27.4 Å². The van der Waals surface area contributed by atoms with Crippen LogP contribution in [0.3, 0.4) is 0 Å². The van der Waals surface area contributed by atoms with E-state index in [-0.39, 0.29) is 30.3 Å². The molecule has 8 nitrogen and oxygen atoms in total. The van der Waals surface area contributed by atoms with Crippen LogP contribution in [0.4, 0.5) is 0 Å². The fourth-order valence-corrected chi connectivity index (χ4v) is 4.60. The van der Waals surface area contributed by atoms with Crippen LogP contribution in [0.1, 0.15) is 12.0 Å². The summed E-state index contributed by atoms with van der Waals surface area (Å²) in [5.74, 6) is 1.13. The maximum Gasteiger partial charge on any atom is 0.241 e. The minimum atomic E-state index is -3.70. The molecule has 2 rings (SSSR count). The van der Waals surface area contributed by atoms with Gasteiger partial charge in [-0.25, -0.2) is 13.1 Å². The normalized spacial score (nSPS) is 11.0. The molecular formula is C19H23BrN2O6S. The first-order valence-corrected chi connectivity index (χ1v) is 10.9. The van der Waals surface area contributed by atoms with Crippen molar-refractivity contribution in [2.75, 3.05) is 27.9 Å². The summed E-state index contributed by atoms with van der Waals surface area (Å²) < 4.78 is 43.3. The quantitative estimate of drug-likeness (QED) is 0.534. The van der Waals surface area contributed by atoms with E-state index in [0.29, 0.717) is 21.7 Å². The highest BCUT2D eigenvalue weighted by Crippen LogP contribution is 2.38. The van der Waals surface area contributed by atoms with E-state index in [0.717, 1.165) is 5.56 Å². The van der Waals surface area contributed by atoms with Crippen LogP contribution in [-0.4, -0.2) is 42.2 Å². The second-order valence-electron chi connectivity index (χ2n) is 5.89. The van der Waals surface area contributed by atoms with Crippen molar-refractivity contribution in [3.8, 4) is 17.2 Å². The minimum absolute atomic E-state index is 0.00585. The average Bonchev–Trinajstić information content (AvgIpc) is 2.71. The number of hydrogen-bond donors (Lipinski definition) is 2. The first kappa shape index (κ1) is 23.0. The molecule has 29 heavy (non-hydrogen) atoms. The van der Waals surface area contributed by atoms with Gasteiger partial charge in [0, 0.05) is 24.0 Å². The monoisotopic (exact) mass is 486 g/mol. The van der Waals surface area contributed by atoms with Gasteiger partial charge in [-0.15, -0.1) is 0 Å². The first-order valence-electron chi connectivity index (χ1n) is 8.62. The number of rotatable bonds is 10. The third-order valence-electron chi connectivity index (χ3n) is 3.98. The van der Waals surface area contributed by atoms with Crippen molar-refractivity contribution < 1.29 is 27.4 Å². The molecule has 0 unspecified atom stereocenters. The number of hydrogen-bond acceptors (Lipinski definition) is 6. The number of amides is 1. The maximum atomic E-state index is 12.3. The molecule has 0 aromatic heterocycles. The van der Waals surface area contributed by atoms with Gasteiger partial charge in [0.05, 0.1) is 26.2 Å². The molecule has 158 valence electrons. The van der Waals surface area contributed by atoms with Crippen LogP contribution in [-0.2, 0) is 21.4 Å². The molecule has 0 spiro atoms. The van der Waals surface area contributed by atoms with Gasteiger partial charge >= 0.3 is 0 Å². The zero-order chi connectivity index (χ0) is 21.4. The Morgan fingerprint density at radius 1 is 1.03 bits per heavy atom. The van der Waals surface area contributed by atoms with E-state index in [9.17, 15) is 13.2 Å². The lowest BCUT2D eigenvalue weighted by Gasteiger charge is -2.14. The van der Waals surface area contributed by atoms with Crippen molar-refractivity contribution in [3.05, 3.63) is 46.4 Å². The highest BCUT2D eigenvalue weighted by molar-refractivity contribution is 9.10. The summed E-state index contributed by atoms with van der Waals surface area (Å²) in [6, 6.07) is 9.94. The smallest absolute Gasteiger partial charge is 0.241 e. The lowest BCUT2D eigenvalue weighted by atomic mass is 10.1. The summed E-state index contributed by atoms with van der Waals surface area (Å²) in [6.45, 7) is 0.206. The Balaban J connectivity index is 1.91. The fourth-order valence-electron chi connectivity index (χ4n) is 2.57. The van der Waals surface area contributed by atoms with Gasteiger partial charge in [-0.2, -0.15) is 0 Å². The summed E-state index contributed by atoms with van der Waals surface area (Å²) in [7, 11) is 0.829. The zero-order valence-electron chi connectivity index (χ0n) is 16.3. The molecule has 2 aromatic rings. The number of carbonyl (C=O) groups excluding carboxylic acids is 1. The Labute approximate surface area is 178 Å². The van der Waals surface area contributed by atoms with Crippen molar-refractivity contribution >= 4 is 31.9 Å². The van der Waals surface area contributed by atoms with Gasteiger partial charge in [-0.3, -0.25) is 4.79 Å². The Hall–Kier alpha value is -2.30. The van der Waals surface area contributed by atoms with E-state index in [4.69, 9.17) is 14.2 Å². The van der Waals surface area contributed by atoms with E-state index in [2.05, 4.69) is 26.0 Å². The van der Waals surface area contributed by atoms with Crippen molar-refractivity contribution in [1.29, 1.82) is 0 Å². The van der Waals surface area contributed by atoms with Crippen LogP contribution in [0.25, 0.3) is 0 Å². The predicted molar refractivity (Wildman–Crippen MR) is 112 cm³/mol. The largest absolute Gasteiger partial charge is 0.493 e. The summed E-state index contributed by atoms with van der Waals surface area (Å²) >= 11 is 3.21. The molecule has 0 bridgehead atoms. The van der Waals surface area contributed by atoms with Crippen molar-refractivity contribution in [2.45, 2.75) is 17.9 Å². The summed E-state index contributed by atoms with van der Waals surface area (Å²) in [4.78, 5) is 12.2. The Morgan fingerprint density at radius 2 is 1.66 bits per heavy atom. The average molecular weight is 487 g/mol. The summed E-state index contributed by atoms with van der Waals surface area (Å²) in [5, 5.41) is 2.74. The second kappa shape index (κ2) is 10.5. The molecule has 1 amide bonds. The molecule has 10 heteroatoms. The summed E-state index contributed by atoms with van der Waals surface area (Å²) in [5.41, 5.74) is 0.752. The standard InChI is InChI=1S/C19H23BrN2O6S/c1-26-15-10-13(11-16(27-2)19(15)28-3)12-21-18(23)8-9-22-29(24,25)17-7-5-4-6-14(17)20/h4-7,10-11,22H,8-9,12H2,1-3H3,(H,21,23). The van der Waals surface area contributed by atoms with Gasteiger partial charge < -0.3 is 19.5 Å². The van der Waals surface area contributed by atoms with E-state index in [1.54, 1.807) is 30.3 Å². The van der Waals surface area contributed by atoms with Crippen molar-refractivity contribution in [2.24, 2.45) is 0 Å². The molecule has 0 aliphatic carbocycles. The third-order valence-corrected chi connectivity index (χ3v) is 6.46. The van der Waals surface area contributed by atoms with E-state index < -0.39 is 10.0 Å². The predicted octanol–water partition coefficient (Wildman–Crippen LogP) is 2.46. The topological polar surface area (TPSA) is 103 Å². The summed E-state index contributed by atoms with van der Waals surface area (Å²) in [6.07, 6.45) is -0.00585. The lowest BCUT2D eigenvalue weighted by Crippen LogP contribution is -2.30. The highest BCUT2D eigenvalue weighted by Gasteiger charge is 2.17. The Morgan fingerprint density at radius 3 is 2.21 bits per heavy atom. The Bertz CT molecular complexity index is 940. The maximum absolute atomic E-state index is 12.3. The van der Waals surface area contributed by atoms with Gasteiger partial charge in [-0.1, -0.05) is 12.1 Å². The zero-order valence-corrected chi connectivity index (χ0v) is 18.7. The number of halogens is 1. The van der Waals surface area contributed by atoms with Crippen LogP contribution in [0.2, 0.25) is 0 Å². The molecule has 0 saturated heterocycles. The molecule has 0 fully saturated rings. The van der Waals surface area contributed by atoms with Crippen LogP contribution < -0.4 is 24.2 Å². The van der Waals surface area contributed by atoms with Crippen LogP contribution in [0, 0.1) is 0 Å². The lowest BCUT2D eigenvalue weighted by molar-refractivity contribution is -0.121. The molecular weight excluding hydrogens is 464 g/mol. The highest BCUT2D eigenvalue weighted by atomic mass is 79.9. The van der Waals surface area contributed by atoms with Crippen molar-refractivity contribution in [1.82, 2.24) is 10.0 Å². The molecule has 0 saturated carbocycles. The van der Waals surface area contributed by atoms with E-state index in [1.807, 2.05) is 0 Å². The third kappa shape index (κ3) is 6.09. The van der Waals surface area contributed by atoms with Crippen LogP contribution in [0.5, 0.6) is 17.2 Å². The molecule has 2 N–H and O–H groups in total. The molecule has 0 heterocycles. The van der Waals surface area contributed by atoms with Gasteiger partial charge in [-0.05, 0) is 45.8 Å². The van der Waals surface area contributed by atoms with Gasteiger partial charge in [0.15, 0.2) is 11.5 Å². The fraction of sp³-hybridized carbons (Fsp3) is 0.316. The number of sulfonamides is 1. The molecule has 2 aromatic carbocycles. The first-order chi connectivity index (χ1) is 13.8. The number of nitrogens with one attached hydrogen (secondary N) is 2. The van der Waals surface area contributed by atoms with Crippen LogP contribution >= 0.6 is 15.9 Å². The minimum Gasteiger partial charge on any atom is -0.493 e. The van der Waals surface area contributed by atoms with Gasteiger partial charge in [0.25, 0.3) is 0 Å². The van der Waals surface area contributed by atoms with E-state index >= 15 is 0 Å². The number of ether oxygens (including phenoxy) is 3. The molecule has 0 aliphatic heterocycles. The van der Waals surface area contributed by atoms with Crippen LogP contribution in [0.15, 0.2) is 45.8 Å². The number of carbonyl (C=O) groups is 1. The van der Waals surface area contributed by atoms with Gasteiger partial charge in [0.2, 0.25) is 21.7 Å². The molecule has 0 aliphatic rings. The second-order valence-corrected chi connectivity index (χ2v) is 8.48. The number of benzene rings is 2. The molecule has 0 atom stereocenters. The Kier molecular flexibility index (Phi) is 8.30. The SMILES string of the molecule is COc1cc(CNC(=O)CCNS(=O)(=O)c2ccccc2Br)cc(OC)c1OC. The van der Waals surface area contributed by atoms with Crippen molar-refractivity contribution in [3.63, 3.8) is 0 Å². The number of methoxy groups -OCH3 is 3.